The molecule has 25 heavy (non-hydrogen) atoms. The fourth-order valence-corrected chi connectivity index (χ4v) is 3.06. The predicted molar refractivity (Wildman–Crippen MR) is 109 cm³/mol. The van der Waals surface area contributed by atoms with Crippen LogP contribution in [0, 0.1) is 15.5 Å². The van der Waals surface area contributed by atoms with Crippen molar-refractivity contribution in [1.29, 1.82) is 0 Å². The number of hydrogen-bond acceptors (Lipinski definition) is 3. The van der Waals surface area contributed by atoms with E-state index in [0.717, 1.165) is 20.6 Å². The zero-order chi connectivity index (χ0) is 18.6. The van der Waals surface area contributed by atoms with Gasteiger partial charge in [0, 0.05) is 22.0 Å². The Bertz CT molecular complexity index is 770. The first-order valence-corrected chi connectivity index (χ1v) is 9.17. The van der Waals surface area contributed by atoms with Crippen LogP contribution in [-0.2, 0) is 6.42 Å². The monoisotopic (exact) mass is 420 g/mol. The Hall–Kier alpha value is -1.79. The molecule has 0 saturated carbocycles. The summed E-state index contributed by atoms with van der Waals surface area (Å²) in [7, 11) is 0. The highest BCUT2D eigenvalue weighted by molar-refractivity contribution is 9.10. The van der Waals surface area contributed by atoms with Crippen LogP contribution in [0.1, 0.15) is 37.9 Å². The van der Waals surface area contributed by atoms with Crippen LogP contribution in [-0.4, -0.2) is 9.91 Å². The zero-order valence-corrected chi connectivity index (χ0v) is 16.9. The van der Waals surface area contributed by atoms with Crippen LogP contribution in [0.2, 0.25) is 0 Å². The second-order valence-electron chi connectivity index (χ2n) is 6.93. The van der Waals surface area contributed by atoms with Gasteiger partial charge in [-0.15, -0.1) is 0 Å². The lowest BCUT2D eigenvalue weighted by Crippen LogP contribution is -2.37. The van der Waals surface area contributed by atoms with Crippen LogP contribution in [0.5, 0.6) is 0 Å². The number of nitrogens with one attached hydrogen (secondary N) is 1. The van der Waals surface area contributed by atoms with Crippen LogP contribution in [0.3, 0.4) is 0 Å². The van der Waals surface area contributed by atoms with Crippen molar-refractivity contribution in [3.63, 3.8) is 0 Å². The van der Waals surface area contributed by atoms with E-state index in [4.69, 9.17) is 12.2 Å². The van der Waals surface area contributed by atoms with Gasteiger partial charge in [-0.25, -0.2) is 0 Å². The van der Waals surface area contributed by atoms with Crippen LogP contribution in [0.4, 0.5) is 5.69 Å². The van der Waals surface area contributed by atoms with Crippen LogP contribution >= 0.6 is 28.1 Å². The van der Waals surface area contributed by atoms with Crippen molar-refractivity contribution in [3.8, 4) is 0 Å². The summed E-state index contributed by atoms with van der Waals surface area (Å²) in [4.78, 5) is 11.2. The van der Waals surface area contributed by atoms with Crippen LogP contribution in [0.15, 0.2) is 53.0 Å². The Labute approximate surface area is 161 Å². The minimum Gasteiger partial charge on any atom is -0.372 e. The number of benzene rings is 2. The largest absolute Gasteiger partial charge is 0.372 e. The predicted octanol–water partition coefficient (Wildman–Crippen LogP) is 5.60. The molecule has 6 heteroatoms. The average Bonchev–Trinajstić information content (AvgIpc) is 2.54. The Morgan fingerprint density at radius 1 is 1.20 bits per heavy atom. The maximum Gasteiger partial charge on any atom is 0.269 e. The molecular formula is C19H21BrN2O2S. The van der Waals surface area contributed by atoms with Gasteiger partial charge in [-0.2, -0.15) is 0 Å². The molecule has 0 bridgehead atoms. The quantitative estimate of drug-likeness (QED) is 0.388. The molecule has 0 aliphatic carbocycles. The number of hydrogen-bond donors (Lipinski definition) is 1. The summed E-state index contributed by atoms with van der Waals surface area (Å²) in [6.45, 7) is 6.22. The molecule has 1 N–H and O–H groups in total. The molecule has 0 fully saturated rings. The molecule has 2 rings (SSSR count). The summed E-state index contributed by atoms with van der Waals surface area (Å²) in [6.07, 6.45) is 0.677. The summed E-state index contributed by atoms with van der Waals surface area (Å²) in [5.74, 6) is 0. The molecule has 1 unspecified atom stereocenters. The van der Waals surface area contributed by atoms with Crippen molar-refractivity contribution >= 4 is 38.8 Å². The number of nitro benzene ring substituents is 1. The first-order chi connectivity index (χ1) is 11.7. The molecular weight excluding hydrogens is 400 g/mol. The van der Waals surface area contributed by atoms with Gasteiger partial charge in [0.1, 0.15) is 0 Å². The molecule has 1 atom stereocenters. The number of rotatable bonds is 5. The highest BCUT2D eigenvalue weighted by atomic mass is 79.9. The molecule has 2 aromatic rings. The number of nitrogens with zero attached hydrogens (tertiary/aromatic N) is 1. The average molecular weight is 421 g/mol. The summed E-state index contributed by atoms with van der Waals surface area (Å²) >= 11 is 9.18. The minimum atomic E-state index is -0.387. The maximum absolute atomic E-state index is 10.8. The molecule has 0 spiro atoms. The van der Waals surface area contributed by atoms with Gasteiger partial charge in [-0.05, 0) is 23.6 Å². The molecule has 0 aromatic heterocycles. The molecule has 0 saturated heterocycles. The number of thiocarbonyl (C=S) groups is 1. The maximum atomic E-state index is 10.8. The first-order valence-electron chi connectivity index (χ1n) is 7.97. The van der Waals surface area contributed by atoms with Crippen molar-refractivity contribution in [3.05, 3.63) is 74.2 Å². The van der Waals surface area contributed by atoms with E-state index in [9.17, 15) is 10.1 Å². The van der Waals surface area contributed by atoms with Crippen molar-refractivity contribution < 1.29 is 4.92 Å². The van der Waals surface area contributed by atoms with E-state index in [2.05, 4.69) is 48.1 Å². The fraction of sp³-hybridized carbons (Fsp3) is 0.316. The summed E-state index contributed by atoms with van der Waals surface area (Å²) in [5, 5.41) is 14.3. The number of non-ortho nitro benzene ring substituents is 1. The van der Waals surface area contributed by atoms with Gasteiger partial charge in [0.05, 0.1) is 16.0 Å². The van der Waals surface area contributed by atoms with E-state index < -0.39 is 0 Å². The lowest BCUT2D eigenvalue weighted by Gasteiger charge is -2.28. The first kappa shape index (κ1) is 19.5. The Morgan fingerprint density at radius 3 is 2.32 bits per heavy atom. The van der Waals surface area contributed by atoms with Crippen LogP contribution < -0.4 is 5.32 Å². The van der Waals surface area contributed by atoms with Gasteiger partial charge >= 0.3 is 0 Å². The molecule has 4 nitrogen and oxygen atoms in total. The Morgan fingerprint density at radius 2 is 1.80 bits per heavy atom. The number of nitro groups is 1. The molecule has 0 amide bonds. The number of halogens is 1. The molecule has 0 aliphatic rings. The third-order valence-corrected chi connectivity index (χ3v) is 5.31. The van der Waals surface area contributed by atoms with Gasteiger partial charge < -0.3 is 5.32 Å². The molecule has 0 aliphatic heterocycles. The summed E-state index contributed by atoms with van der Waals surface area (Å²) < 4.78 is 1.01. The van der Waals surface area contributed by atoms with E-state index in [1.807, 2.05) is 18.2 Å². The third kappa shape index (κ3) is 5.34. The van der Waals surface area contributed by atoms with E-state index in [1.54, 1.807) is 12.1 Å². The standard InChI is InChI=1S/C19H21BrN2O2S/c1-19(2,3)18(25)21-17(15-6-4-5-7-16(15)20)12-13-8-10-14(11-9-13)22(23)24/h4-11,17H,12H2,1-3H3,(H,21,25). The summed E-state index contributed by atoms with van der Waals surface area (Å²) in [6, 6.07) is 14.7. The van der Waals surface area contributed by atoms with E-state index in [1.165, 1.54) is 12.1 Å². The van der Waals surface area contributed by atoms with Gasteiger partial charge in [0.15, 0.2) is 0 Å². The molecule has 132 valence electrons. The SMILES string of the molecule is CC(C)(C)C(=S)NC(Cc1ccc([N+](=O)[O-])cc1)c1ccccc1Br. The minimum absolute atomic E-state index is 0.0243. The van der Waals surface area contributed by atoms with Gasteiger partial charge in [0.25, 0.3) is 5.69 Å². The Kier molecular flexibility index (Phi) is 6.30. The normalized spacial score (nSPS) is 12.5. The van der Waals surface area contributed by atoms with E-state index >= 15 is 0 Å². The molecule has 2 aromatic carbocycles. The molecule has 0 radical (unpaired) electrons. The fourth-order valence-electron chi connectivity index (χ4n) is 2.36. The second-order valence-corrected chi connectivity index (χ2v) is 8.19. The Balaban J connectivity index is 2.30. The second kappa shape index (κ2) is 8.06. The van der Waals surface area contributed by atoms with Crippen molar-refractivity contribution in [2.75, 3.05) is 0 Å². The van der Waals surface area contributed by atoms with Crippen molar-refractivity contribution in [2.24, 2.45) is 5.41 Å². The van der Waals surface area contributed by atoms with Gasteiger partial charge in [-0.1, -0.05) is 79.3 Å². The van der Waals surface area contributed by atoms with Gasteiger partial charge in [0.2, 0.25) is 0 Å². The zero-order valence-electron chi connectivity index (χ0n) is 14.5. The lowest BCUT2D eigenvalue weighted by molar-refractivity contribution is -0.384. The van der Waals surface area contributed by atoms with Gasteiger partial charge in [-0.3, -0.25) is 10.1 Å². The van der Waals surface area contributed by atoms with Crippen LogP contribution in [0.25, 0.3) is 0 Å². The lowest BCUT2D eigenvalue weighted by atomic mass is 9.93. The van der Waals surface area contributed by atoms with E-state index in [0.29, 0.717) is 6.42 Å². The highest BCUT2D eigenvalue weighted by Gasteiger charge is 2.23. The summed E-state index contributed by atoms with van der Waals surface area (Å²) in [5.41, 5.74) is 2.08. The topological polar surface area (TPSA) is 55.2 Å². The highest BCUT2D eigenvalue weighted by Crippen LogP contribution is 2.28. The van der Waals surface area contributed by atoms with Crippen molar-refractivity contribution in [1.82, 2.24) is 5.32 Å². The van der Waals surface area contributed by atoms with E-state index in [-0.39, 0.29) is 22.1 Å². The third-order valence-electron chi connectivity index (χ3n) is 3.85. The molecule has 0 heterocycles. The smallest absolute Gasteiger partial charge is 0.269 e. The van der Waals surface area contributed by atoms with Crippen molar-refractivity contribution in [2.45, 2.75) is 33.2 Å².